The summed E-state index contributed by atoms with van der Waals surface area (Å²) < 4.78 is 0. The molecule has 146 valence electrons. The second kappa shape index (κ2) is 7.64. The summed E-state index contributed by atoms with van der Waals surface area (Å²) in [5.74, 6) is 0.792. The molecule has 1 aromatic carbocycles. The number of nitrogens with one attached hydrogen (secondary N) is 1. The SMILES string of the molecule is Cc1cccc(-c2[nH]c(C(C)C)nc2-c2cccc(-c3ccc(C(N)=O)s3)c2)n1. The van der Waals surface area contributed by atoms with Gasteiger partial charge in [-0.15, -0.1) is 11.3 Å². The Morgan fingerprint density at radius 2 is 1.79 bits per heavy atom. The number of aryl methyl sites for hydroxylation is 1. The molecule has 6 heteroatoms. The van der Waals surface area contributed by atoms with Crippen LogP contribution in [0.1, 0.15) is 41.0 Å². The molecule has 0 saturated heterocycles. The smallest absolute Gasteiger partial charge is 0.258 e. The molecule has 0 radical (unpaired) electrons. The van der Waals surface area contributed by atoms with Crippen molar-refractivity contribution in [2.75, 3.05) is 0 Å². The molecule has 0 fully saturated rings. The molecular formula is C23H22N4OS. The third-order valence-corrected chi connectivity index (χ3v) is 5.83. The number of primary amides is 1. The van der Waals surface area contributed by atoms with Crippen LogP contribution in [0.25, 0.3) is 33.1 Å². The molecule has 29 heavy (non-hydrogen) atoms. The summed E-state index contributed by atoms with van der Waals surface area (Å²) in [6, 6.07) is 17.9. The number of rotatable bonds is 5. The molecular weight excluding hydrogens is 380 g/mol. The van der Waals surface area contributed by atoms with Crippen LogP contribution in [-0.4, -0.2) is 20.9 Å². The first kappa shape index (κ1) is 19.1. The van der Waals surface area contributed by atoms with Crippen LogP contribution in [-0.2, 0) is 0 Å². The number of imidazole rings is 1. The highest BCUT2D eigenvalue weighted by Gasteiger charge is 2.18. The van der Waals surface area contributed by atoms with Gasteiger partial charge in [-0.25, -0.2) is 4.98 Å². The maximum absolute atomic E-state index is 11.4. The van der Waals surface area contributed by atoms with Gasteiger partial charge in [0.05, 0.1) is 22.0 Å². The maximum Gasteiger partial charge on any atom is 0.258 e. The van der Waals surface area contributed by atoms with Gasteiger partial charge in [0, 0.05) is 22.1 Å². The van der Waals surface area contributed by atoms with E-state index >= 15 is 0 Å². The van der Waals surface area contributed by atoms with Crippen molar-refractivity contribution in [2.45, 2.75) is 26.7 Å². The number of hydrogen-bond acceptors (Lipinski definition) is 4. The normalized spacial score (nSPS) is 11.2. The van der Waals surface area contributed by atoms with E-state index in [1.54, 1.807) is 6.07 Å². The summed E-state index contributed by atoms with van der Waals surface area (Å²) in [4.78, 5) is 26.0. The number of nitrogens with two attached hydrogens (primary N) is 1. The predicted octanol–water partition coefficient (Wildman–Crippen LogP) is 5.40. The van der Waals surface area contributed by atoms with Crippen molar-refractivity contribution in [1.82, 2.24) is 15.0 Å². The summed E-state index contributed by atoms with van der Waals surface area (Å²) in [6.45, 7) is 6.21. The Morgan fingerprint density at radius 3 is 2.48 bits per heavy atom. The van der Waals surface area contributed by atoms with Crippen molar-refractivity contribution in [3.8, 4) is 33.1 Å². The van der Waals surface area contributed by atoms with Crippen molar-refractivity contribution in [3.63, 3.8) is 0 Å². The van der Waals surface area contributed by atoms with Crippen molar-refractivity contribution < 1.29 is 4.79 Å². The molecule has 4 rings (SSSR count). The first-order valence-corrected chi connectivity index (χ1v) is 10.3. The predicted molar refractivity (Wildman–Crippen MR) is 118 cm³/mol. The summed E-state index contributed by atoms with van der Waals surface area (Å²) in [5, 5.41) is 0. The van der Waals surface area contributed by atoms with Crippen LogP contribution in [0.5, 0.6) is 0 Å². The lowest BCUT2D eigenvalue weighted by atomic mass is 10.0. The average Bonchev–Trinajstić information content (AvgIpc) is 3.36. The molecule has 0 aliphatic heterocycles. The fourth-order valence-corrected chi connectivity index (χ4v) is 4.04. The molecule has 1 amide bonds. The van der Waals surface area contributed by atoms with Crippen LogP contribution in [0.2, 0.25) is 0 Å². The van der Waals surface area contributed by atoms with E-state index in [1.165, 1.54) is 11.3 Å². The van der Waals surface area contributed by atoms with Gasteiger partial charge in [0.2, 0.25) is 0 Å². The van der Waals surface area contributed by atoms with Gasteiger partial charge in [-0.2, -0.15) is 0 Å². The van der Waals surface area contributed by atoms with Gasteiger partial charge in [0.25, 0.3) is 5.91 Å². The van der Waals surface area contributed by atoms with Crippen LogP contribution in [0, 0.1) is 6.92 Å². The molecule has 0 unspecified atom stereocenters. The largest absolute Gasteiger partial charge is 0.365 e. The van der Waals surface area contributed by atoms with Crippen molar-refractivity contribution in [2.24, 2.45) is 5.73 Å². The number of thiophene rings is 1. The number of hydrogen-bond donors (Lipinski definition) is 2. The average molecular weight is 403 g/mol. The Morgan fingerprint density at radius 1 is 1.03 bits per heavy atom. The molecule has 3 N–H and O–H groups in total. The topological polar surface area (TPSA) is 84.7 Å². The molecule has 0 aliphatic carbocycles. The second-order valence-corrected chi connectivity index (χ2v) is 8.36. The minimum Gasteiger partial charge on any atom is -0.365 e. The fourth-order valence-electron chi connectivity index (χ4n) is 3.19. The van der Waals surface area contributed by atoms with Crippen LogP contribution in [0.3, 0.4) is 0 Å². The number of amides is 1. The summed E-state index contributed by atoms with van der Waals surface area (Å²) in [7, 11) is 0. The quantitative estimate of drug-likeness (QED) is 0.469. The van der Waals surface area contributed by atoms with Crippen LogP contribution >= 0.6 is 11.3 Å². The molecule has 3 aromatic heterocycles. The zero-order valence-electron chi connectivity index (χ0n) is 16.6. The number of benzene rings is 1. The Balaban J connectivity index is 1.83. The number of pyridine rings is 1. The van der Waals surface area contributed by atoms with Gasteiger partial charge < -0.3 is 10.7 Å². The minimum atomic E-state index is -0.404. The lowest BCUT2D eigenvalue weighted by Crippen LogP contribution is -2.07. The lowest BCUT2D eigenvalue weighted by Gasteiger charge is -2.05. The van der Waals surface area contributed by atoms with E-state index in [0.29, 0.717) is 4.88 Å². The molecule has 0 bridgehead atoms. The molecule has 0 saturated carbocycles. The van der Waals surface area contributed by atoms with Crippen LogP contribution in [0.4, 0.5) is 0 Å². The van der Waals surface area contributed by atoms with Gasteiger partial charge in [-0.1, -0.05) is 38.1 Å². The highest BCUT2D eigenvalue weighted by Crippen LogP contribution is 2.35. The number of aromatic amines is 1. The Labute approximate surface area is 173 Å². The van der Waals surface area contributed by atoms with Crippen LogP contribution < -0.4 is 5.73 Å². The lowest BCUT2D eigenvalue weighted by molar-refractivity contribution is 0.100. The molecule has 0 spiro atoms. The van der Waals surface area contributed by atoms with E-state index in [-0.39, 0.29) is 5.92 Å². The number of carbonyl (C=O) groups excluding carboxylic acids is 1. The van der Waals surface area contributed by atoms with Crippen molar-refractivity contribution in [3.05, 3.63) is 71.0 Å². The van der Waals surface area contributed by atoms with E-state index in [4.69, 9.17) is 10.7 Å². The van der Waals surface area contributed by atoms with Crippen LogP contribution in [0.15, 0.2) is 54.6 Å². The van der Waals surface area contributed by atoms with Gasteiger partial charge in [-0.05, 0) is 42.8 Å². The van der Waals surface area contributed by atoms with Crippen molar-refractivity contribution >= 4 is 17.2 Å². The highest BCUT2D eigenvalue weighted by atomic mass is 32.1. The van der Waals surface area contributed by atoms with E-state index in [1.807, 2.05) is 49.4 Å². The van der Waals surface area contributed by atoms with Gasteiger partial charge in [-0.3, -0.25) is 9.78 Å². The summed E-state index contributed by atoms with van der Waals surface area (Å²) in [6.07, 6.45) is 0. The zero-order valence-corrected chi connectivity index (χ0v) is 17.4. The number of H-pyrrole nitrogens is 1. The number of aromatic nitrogens is 3. The fraction of sp³-hybridized carbons (Fsp3) is 0.174. The molecule has 3 heterocycles. The number of carbonyl (C=O) groups is 1. The molecule has 5 nitrogen and oxygen atoms in total. The summed E-state index contributed by atoms with van der Waals surface area (Å²) >= 11 is 1.40. The minimum absolute atomic E-state index is 0.269. The Hall–Kier alpha value is -3.25. The Kier molecular flexibility index (Phi) is 5.03. The van der Waals surface area contributed by atoms with E-state index in [0.717, 1.165) is 44.6 Å². The highest BCUT2D eigenvalue weighted by molar-refractivity contribution is 7.17. The maximum atomic E-state index is 11.4. The molecule has 4 aromatic rings. The first-order valence-electron chi connectivity index (χ1n) is 9.46. The monoisotopic (exact) mass is 402 g/mol. The summed E-state index contributed by atoms with van der Waals surface area (Å²) in [5.41, 5.74) is 11.0. The van der Waals surface area contributed by atoms with E-state index in [9.17, 15) is 4.79 Å². The van der Waals surface area contributed by atoms with Gasteiger partial charge in [0.15, 0.2) is 0 Å². The third kappa shape index (κ3) is 3.84. The number of nitrogens with zero attached hydrogens (tertiary/aromatic N) is 2. The zero-order chi connectivity index (χ0) is 20.5. The Bertz CT molecular complexity index is 1190. The van der Waals surface area contributed by atoms with Gasteiger partial charge >= 0.3 is 0 Å². The third-order valence-electron chi connectivity index (χ3n) is 4.68. The molecule has 0 atom stereocenters. The molecule has 0 aliphatic rings. The van der Waals surface area contributed by atoms with Crippen molar-refractivity contribution in [1.29, 1.82) is 0 Å². The second-order valence-electron chi connectivity index (χ2n) is 7.27. The van der Waals surface area contributed by atoms with E-state index in [2.05, 4.69) is 29.9 Å². The standard InChI is InChI=1S/C23H22N4OS/c1-13(2)23-26-20(21(27-23)17-9-4-6-14(3)25-17)16-8-5-7-15(12-16)18-10-11-19(29-18)22(24)28/h4-13H,1-3H3,(H2,24,28)(H,26,27). The van der Waals surface area contributed by atoms with E-state index < -0.39 is 5.91 Å². The first-order chi connectivity index (χ1) is 13.9. The van der Waals surface area contributed by atoms with Gasteiger partial charge in [0.1, 0.15) is 5.82 Å².